The zero-order valence-electron chi connectivity index (χ0n) is 12.2. The molecule has 1 unspecified atom stereocenters. The van der Waals surface area contributed by atoms with E-state index in [0.29, 0.717) is 6.04 Å². The van der Waals surface area contributed by atoms with Crippen molar-refractivity contribution in [2.75, 3.05) is 7.05 Å². The maximum absolute atomic E-state index is 4.50. The van der Waals surface area contributed by atoms with E-state index in [0.717, 1.165) is 19.4 Å². The lowest BCUT2D eigenvalue weighted by molar-refractivity contribution is 0.549. The fourth-order valence-corrected chi connectivity index (χ4v) is 3.43. The van der Waals surface area contributed by atoms with Crippen molar-refractivity contribution in [3.63, 3.8) is 0 Å². The number of hydrogen-bond donors (Lipinski definition) is 1. The second-order valence-electron chi connectivity index (χ2n) is 4.97. The Hall–Kier alpha value is -1.13. The average molecular weight is 277 g/mol. The fraction of sp³-hybridized carbons (Fsp3) is 0.533. The summed E-state index contributed by atoms with van der Waals surface area (Å²) in [6.45, 7) is 7.62. The summed E-state index contributed by atoms with van der Waals surface area (Å²) in [6, 6.07) is 2.66. The van der Waals surface area contributed by atoms with Crippen LogP contribution in [0.25, 0.3) is 0 Å². The maximum atomic E-state index is 4.50. The van der Waals surface area contributed by atoms with Crippen LogP contribution in [0.5, 0.6) is 0 Å². The predicted molar refractivity (Wildman–Crippen MR) is 81.8 cm³/mol. The summed E-state index contributed by atoms with van der Waals surface area (Å²) >= 11 is 1.89. The van der Waals surface area contributed by atoms with Crippen LogP contribution in [-0.2, 0) is 13.0 Å². The van der Waals surface area contributed by atoms with Crippen LogP contribution >= 0.6 is 11.3 Å². The average Bonchev–Trinajstić information content (AvgIpc) is 2.95. The summed E-state index contributed by atoms with van der Waals surface area (Å²) in [5.74, 6) is 1.17. The van der Waals surface area contributed by atoms with Gasteiger partial charge in [-0.1, -0.05) is 6.92 Å². The number of rotatable bonds is 6. The minimum Gasteiger partial charge on any atom is -0.335 e. The SMILES string of the molecule is CCCn1ccnc1CC(NC)c1cc(C)c(C)s1. The lowest BCUT2D eigenvalue weighted by Crippen LogP contribution is -2.20. The molecule has 4 heteroatoms. The first kappa shape index (κ1) is 14.3. The van der Waals surface area contributed by atoms with Gasteiger partial charge in [0.2, 0.25) is 0 Å². The highest BCUT2D eigenvalue weighted by atomic mass is 32.1. The quantitative estimate of drug-likeness (QED) is 0.876. The van der Waals surface area contributed by atoms with Gasteiger partial charge in [0, 0.05) is 41.2 Å². The van der Waals surface area contributed by atoms with Crippen LogP contribution in [0, 0.1) is 13.8 Å². The predicted octanol–water partition coefficient (Wildman–Crippen LogP) is 3.47. The molecule has 104 valence electrons. The van der Waals surface area contributed by atoms with Crippen LogP contribution in [0.4, 0.5) is 0 Å². The molecular weight excluding hydrogens is 254 g/mol. The van der Waals surface area contributed by atoms with Crippen molar-refractivity contribution in [2.45, 2.75) is 46.2 Å². The molecule has 0 aromatic carbocycles. The molecule has 0 amide bonds. The highest BCUT2D eigenvalue weighted by molar-refractivity contribution is 7.12. The summed E-state index contributed by atoms with van der Waals surface area (Å²) in [6.07, 6.45) is 6.08. The lowest BCUT2D eigenvalue weighted by atomic mass is 10.1. The van der Waals surface area contributed by atoms with E-state index in [9.17, 15) is 0 Å². The first-order chi connectivity index (χ1) is 9.15. The first-order valence-electron chi connectivity index (χ1n) is 6.90. The number of thiophene rings is 1. The van der Waals surface area contributed by atoms with Crippen molar-refractivity contribution in [1.82, 2.24) is 14.9 Å². The Balaban J connectivity index is 2.16. The number of aromatic nitrogens is 2. The van der Waals surface area contributed by atoms with E-state index in [1.165, 1.54) is 21.1 Å². The third-order valence-corrected chi connectivity index (χ3v) is 4.80. The minimum absolute atomic E-state index is 0.357. The van der Waals surface area contributed by atoms with Gasteiger partial charge in [-0.25, -0.2) is 4.98 Å². The standard InChI is InChI=1S/C15H23N3S/c1-5-7-18-8-6-17-15(18)10-13(16-4)14-9-11(2)12(3)19-14/h6,8-9,13,16H,5,7,10H2,1-4H3. The van der Waals surface area contributed by atoms with Crippen LogP contribution in [0.1, 0.15) is 40.5 Å². The van der Waals surface area contributed by atoms with Gasteiger partial charge in [0.25, 0.3) is 0 Å². The van der Waals surface area contributed by atoms with Crippen molar-refractivity contribution in [3.8, 4) is 0 Å². The molecule has 2 aromatic heterocycles. The monoisotopic (exact) mass is 277 g/mol. The Morgan fingerprint density at radius 1 is 1.42 bits per heavy atom. The summed E-state index contributed by atoms with van der Waals surface area (Å²) in [4.78, 5) is 7.32. The van der Waals surface area contributed by atoms with Crippen molar-refractivity contribution in [1.29, 1.82) is 0 Å². The highest BCUT2D eigenvalue weighted by Gasteiger charge is 2.16. The van der Waals surface area contributed by atoms with E-state index >= 15 is 0 Å². The minimum atomic E-state index is 0.357. The van der Waals surface area contributed by atoms with Gasteiger partial charge >= 0.3 is 0 Å². The van der Waals surface area contributed by atoms with E-state index in [4.69, 9.17) is 0 Å². The molecule has 0 spiro atoms. The Morgan fingerprint density at radius 3 is 2.79 bits per heavy atom. The topological polar surface area (TPSA) is 29.9 Å². The number of likely N-dealkylation sites (N-methyl/N-ethyl adjacent to an activating group) is 1. The molecule has 0 fully saturated rings. The number of nitrogens with zero attached hydrogens (tertiary/aromatic N) is 2. The van der Waals surface area contributed by atoms with Gasteiger partial charge in [0.15, 0.2) is 0 Å². The number of imidazole rings is 1. The number of nitrogens with one attached hydrogen (secondary N) is 1. The third-order valence-electron chi connectivity index (χ3n) is 3.53. The first-order valence-corrected chi connectivity index (χ1v) is 7.71. The largest absolute Gasteiger partial charge is 0.335 e. The Morgan fingerprint density at radius 2 is 2.21 bits per heavy atom. The second kappa shape index (κ2) is 6.35. The van der Waals surface area contributed by atoms with Gasteiger partial charge in [-0.2, -0.15) is 0 Å². The van der Waals surface area contributed by atoms with Crippen LogP contribution in [0.15, 0.2) is 18.5 Å². The van der Waals surface area contributed by atoms with Gasteiger partial charge in [-0.15, -0.1) is 11.3 Å². The molecule has 2 rings (SSSR count). The fourth-order valence-electron chi connectivity index (χ4n) is 2.28. The Bertz CT molecular complexity index is 508. The summed E-state index contributed by atoms with van der Waals surface area (Å²) in [5.41, 5.74) is 1.39. The van der Waals surface area contributed by atoms with Crippen LogP contribution < -0.4 is 5.32 Å². The second-order valence-corrected chi connectivity index (χ2v) is 6.26. The molecule has 3 nitrogen and oxygen atoms in total. The molecule has 0 saturated carbocycles. The Kier molecular flexibility index (Phi) is 4.77. The summed E-state index contributed by atoms with van der Waals surface area (Å²) in [5, 5.41) is 3.42. The molecule has 1 N–H and O–H groups in total. The number of hydrogen-bond acceptors (Lipinski definition) is 3. The van der Waals surface area contributed by atoms with Gasteiger partial charge in [-0.05, 0) is 38.9 Å². The van der Waals surface area contributed by atoms with Crippen LogP contribution in [-0.4, -0.2) is 16.6 Å². The van der Waals surface area contributed by atoms with E-state index in [2.05, 4.69) is 47.9 Å². The van der Waals surface area contributed by atoms with Gasteiger partial charge < -0.3 is 9.88 Å². The summed E-state index contributed by atoms with van der Waals surface area (Å²) in [7, 11) is 2.03. The van der Waals surface area contributed by atoms with Crippen molar-refractivity contribution in [2.24, 2.45) is 0 Å². The molecule has 2 heterocycles. The molecule has 0 bridgehead atoms. The smallest absolute Gasteiger partial charge is 0.110 e. The van der Waals surface area contributed by atoms with E-state index in [1.807, 2.05) is 24.6 Å². The summed E-state index contributed by atoms with van der Waals surface area (Å²) < 4.78 is 2.26. The Labute approximate surface area is 119 Å². The molecular formula is C15H23N3S. The molecule has 1 atom stereocenters. The van der Waals surface area contributed by atoms with E-state index < -0.39 is 0 Å². The van der Waals surface area contributed by atoms with Crippen molar-refractivity contribution < 1.29 is 0 Å². The molecule has 2 aromatic rings. The number of aryl methyl sites for hydroxylation is 3. The van der Waals surface area contributed by atoms with E-state index in [-0.39, 0.29) is 0 Å². The zero-order chi connectivity index (χ0) is 13.8. The maximum Gasteiger partial charge on any atom is 0.110 e. The molecule has 0 aliphatic rings. The molecule has 0 aliphatic heterocycles. The van der Waals surface area contributed by atoms with Crippen molar-refractivity contribution >= 4 is 11.3 Å². The highest BCUT2D eigenvalue weighted by Crippen LogP contribution is 2.28. The van der Waals surface area contributed by atoms with Crippen LogP contribution in [0.2, 0.25) is 0 Å². The van der Waals surface area contributed by atoms with Crippen LogP contribution in [0.3, 0.4) is 0 Å². The molecule has 19 heavy (non-hydrogen) atoms. The molecule has 0 aliphatic carbocycles. The normalized spacial score (nSPS) is 12.8. The van der Waals surface area contributed by atoms with Gasteiger partial charge in [0.1, 0.15) is 5.82 Å². The third kappa shape index (κ3) is 3.25. The van der Waals surface area contributed by atoms with Crippen molar-refractivity contribution in [3.05, 3.63) is 39.6 Å². The molecule has 0 saturated heterocycles. The van der Waals surface area contributed by atoms with Gasteiger partial charge in [0.05, 0.1) is 0 Å². The lowest BCUT2D eigenvalue weighted by Gasteiger charge is -2.15. The van der Waals surface area contributed by atoms with Gasteiger partial charge in [-0.3, -0.25) is 0 Å². The van der Waals surface area contributed by atoms with E-state index in [1.54, 1.807) is 0 Å². The molecule has 0 radical (unpaired) electrons. The zero-order valence-corrected chi connectivity index (χ0v) is 13.0.